The lowest BCUT2D eigenvalue weighted by Gasteiger charge is -2.48. The van der Waals surface area contributed by atoms with Crippen molar-refractivity contribution in [3.05, 3.63) is 0 Å². The molecule has 1 aliphatic heterocycles. The zero-order valence-electron chi connectivity index (χ0n) is 10.5. The Hall–Kier alpha value is -0.0800. The van der Waals surface area contributed by atoms with E-state index in [2.05, 4.69) is 25.7 Å². The van der Waals surface area contributed by atoms with Crippen LogP contribution in [0.5, 0.6) is 0 Å². The molecule has 0 bridgehead atoms. The average molecular weight is 211 g/mol. The molecule has 0 radical (unpaired) electrons. The van der Waals surface area contributed by atoms with Crippen LogP contribution in [0.1, 0.15) is 52.9 Å². The molecule has 2 heteroatoms. The zero-order valence-corrected chi connectivity index (χ0v) is 10.5. The number of rotatable bonds is 2. The Kier molecular flexibility index (Phi) is 3.36. The molecule has 0 aromatic rings. The number of hydrogen-bond donors (Lipinski definition) is 0. The van der Waals surface area contributed by atoms with E-state index in [0.717, 1.165) is 13.1 Å². The lowest BCUT2D eigenvalue weighted by Crippen LogP contribution is -2.60. The van der Waals surface area contributed by atoms with Gasteiger partial charge in [0.25, 0.3) is 0 Å². The summed E-state index contributed by atoms with van der Waals surface area (Å²) in [6, 6.07) is 0. The van der Waals surface area contributed by atoms with E-state index in [-0.39, 0.29) is 0 Å². The first kappa shape index (κ1) is 11.4. The first-order chi connectivity index (χ1) is 7.05. The first-order valence-electron chi connectivity index (χ1n) is 6.46. The summed E-state index contributed by atoms with van der Waals surface area (Å²) in [5.41, 5.74) is 0.326. The molecule has 88 valence electrons. The third kappa shape index (κ3) is 2.94. The maximum absolute atomic E-state index is 6.11. The lowest BCUT2D eigenvalue weighted by atomic mass is 9.96. The monoisotopic (exact) mass is 211 g/mol. The molecular formula is C13H25NO. The SMILES string of the molecule is CC(C)(C)N1CC(OC2CCCCC2)C1. The maximum atomic E-state index is 6.11. The second-order valence-corrected chi connectivity index (χ2v) is 6.09. The van der Waals surface area contributed by atoms with Gasteiger partial charge in [0, 0.05) is 18.6 Å². The largest absolute Gasteiger partial charge is 0.372 e. The van der Waals surface area contributed by atoms with Crippen molar-refractivity contribution < 1.29 is 4.74 Å². The molecule has 2 fully saturated rings. The molecule has 1 aliphatic carbocycles. The van der Waals surface area contributed by atoms with E-state index >= 15 is 0 Å². The van der Waals surface area contributed by atoms with Crippen LogP contribution in [0, 0.1) is 0 Å². The van der Waals surface area contributed by atoms with Gasteiger partial charge in [0.1, 0.15) is 0 Å². The Bertz CT molecular complexity index is 197. The van der Waals surface area contributed by atoms with Gasteiger partial charge in [0.2, 0.25) is 0 Å². The van der Waals surface area contributed by atoms with Crippen LogP contribution < -0.4 is 0 Å². The van der Waals surface area contributed by atoms with Gasteiger partial charge in [-0.05, 0) is 33.6 Å². The third-order valence-electron chi connectivity index (χ3n) is 3.73. The molecule has 0 N–H and O–H groups in total. The quantitative estimate of drug-likeness (QED) is 0.696. The van der Waals surface area contributed by atoms with Gasteiger partial charge in [-0.25, -0.2) is 0 Å². The second-order valence-electron chi connectivity index (χ2n) is 6.09. The van der Waals surface area contributed by atoms with E-state index in [4.69, 9.17) is 4.74 Å². The van der Waals surface area contributed by atoms with E-state index in [0.29, 0.717) is 17.7 Å². The third-order valence-corrected chi connectivity index (χ3v) is 3.73. The van der Waals surface area contributed by atoms with E-state index in [1.165, 1.54) is 32.1 Å². The van der Waals surface area contributed by atoms with Crippen molar-refractivity contribution >= 4 is 0 Å². The molecule has 2 rings (SSSR count). The lowest BCUT2D eigenvalue weighted by molar-refractivity contribution is -0.125. The highest BCUT2D eigenvalue weighted by Crippen LogP contribution is 2.27. The second kappa shape index (κ2) is 4.42. The van der Waals surface area contributed by atoms with Crippen molar-refractivity contribution in [1.29, 1.82) is 0 Å². The molecular weight excluding hydrogens is 186 g/mol. The molecule has 0 amide bonds. The summed E-state index contributed by atoms with van der Waals surface area (Å²) in [6.45, 7) is 9.12. The molecule has 1 saturated carbocycles. The van der Waals surface area contributed by atoms with Crippen molar-refractivity contribution in [2.75, 3.05) is 13.1 Å². The molecule has 15 heavy (non-hydrogen) atoms. The summed E-state index contributed by atoms with van der Waals surface area (Å²) >= 11 is 0. The van der Waals surface area contributed by atoms with E-state index < -0.39 is 0 Å². The van der Waals surface area contributed by atoms with E-state index in [1.807, 2.05) is 0 Å². The van der Waals surface area contributed by atoms with Crippen LogP contribution in [-0.4, -0.2) is 35.7 Å². The summed E-state index contributed by atoms with van der Waals surface area (Å²) < 4.78 is 6.11. The van der Waals surface area contributed by atoms with Gasteiger partial charge >= 0.3 is 0 Å². The normalized spacial score (nSPS) is 26.6. The highest BCUT2D eigenvalue weighted by molar-refractivity contribution is 4.90. The van der Waals surface area contributed by atoms with Crippen molar-refractivity contribution in [3.63, 3.8) is 0 Å². The van der Waals surface area contributed by atoms with Crippen LogP contribution in [0.15, 0.2) is 0 Å². The van der Waals surface area contributed by atoms with Crippen molar-refractivity contribution in [1.82, 2.24) is 4.90 Å². The van der Waals surface area contributed by atoms with Crippen LogP contribution in [0.4, 0.5) is 0 Å². The highest BCUT2D eigenvalue weighted by atomic mass is 16.5. The van der Waals surface area contributed by atoms with Crippen LogP contribution in [0.25, 0.3) is 0 Å². The van der Waals surface area contributed by atoms with Gasteiger partial charge in [-0.1, -0.05) is 19.3 Å². The number of ether oxygens (including phenoxy) is 1. The predicted molar refractivity (Wildman–Crippen MR) is 63.1 cm³/mol. The first-order valence-corrected chi connectivity index (χ1v) is 6.46. The van der Waals surface area contributed by atoms with Gasteiger partial charge in [-0.3, -0.25) is 4.90 Å². The highest BCUT2D eigenvalue weighted by Gasteiger charge is 2.36. The summed E-state index contributed by atoms with van der Waals surface area (Å²) in [4.78, 5) is 2.50. The Labute approximate surface area is 94.0 Å². The fourth-order valence-electron chi connectivity index (χ4n) is 2.55. The van der Waals surface area contributed by atoms with Gasteiger partial charge < -0.3 is 4.74 Å². The Morgan fingerprint density at radius 2 is 1.53 bits per heavy atom. The average Bonchev–Trinajstić information content (AvgIpc) is 2.10. The van der Waals surface area contributed by atoms with Crippen molar-refractivity contribution in [2.45, 2.75) is 70.6 Å². The summed E-state index contributed by atoms with van der Waals surface area (Å²) in [5.74, 6) is 0. The van der Waals surface area contributed by atoms with Crippen LogP contribution >= 0.6 is 0 Å². The van der Waals surface area contributed by atoms with Gasteiger partial charge in [-0.2, -0.15) is 0 Å². The summed E-state index contributed by atoms with van der Waals surface area (Å²) in [7, 11) is 0. The Balaban J connectivity index is 1.67. The van der Waals surface area contributed by atoms with Gasteiger partial charge in [-0.15, -0.1) is 0 Å². The molecule has 1 saturated heterocycles. The topological polar surface area (TPSA) is 12.5 Å². The van der Waals surface area contributed by atoms with Crippen LogP contribution in [-0.2, 0) is 4.74 Å². The molecule has 2 aliphatic rings. The molecule has 0 atom stereocenters. The summed E-state index contributed by atoms with van der Waals surface area (Å²) in [6.07, 6.45) is 7.86. The molecule has 2 nitrogen and oxygen atoms in total. The van der Waals surface area contributed by atoms with Crippen molar-refractivity contribution in [2.24, 2.45) is 0 Å². The minimum absolute atomic E-state index is 0.326. The maximum Gasteiger partial charge on any atom is 0.0832 e. The fraction of sp³-hybridized carbons (Fsp3) is 1.00. The number of nitrogens with zero attached hydrogens (tertiary/aromatic N) is 1. The molecule has 0 unspecified atom stereocenters. The van der Waals surface area contributed by atoms with Crippen LogP contribution in [0.2, 0.25) is 0 Å². The van der Waals surface area contributed by atoms with Gasteiger partial charge in [0.05, 0.1) is 12.2 Å². The number of likely N-dealkylation sites (tertiary alicyclic amines) is 1. The number of hydrogen-bond acceptors (Lipinski definition) is 2. The minimum Gasteiger partial charge on any atom is -0.372 e. The Morgan fingerprint density at radius 3 is 2.07 bits per heavy atom. The van der Waals surface area contributed by atoms with Crippen LogP contribution in [0.3, 0.4) is 0 Å². The zero-order chi connectivity index (χ0) is 10.9. The summed E-state index contributed by atoms with van der Waals surface area (Å²) in [5, 5.41) is 0. The standard InChI is InChI=1S/C13H25NO/c1-13(2,3)14-9-12(10-14)15-11-7-5-4-6-8-11/h11-12H,4-10H2,1-3H3. The van der Waals surface area contributed by atoms with Crippen molar-refractivity contribution in [3.8, 4) is 0 Å². The molecule has 1 heterocycles. The molecule has 0 aromatic heterocycles. The Morgan fingerprint density at radius 1 is 0.933 bits per heavy atom. The predicted octanol–water partition coefficient (Wildman–Crippen LogP) is 2.82. The minimum atomic E-state index is 0.326. The van der Waals surface area contributed by atoms with E-state index in [9.17, 15) is 0 Å². The smallest absolute Gasteiger partial charge is 0.0832 e. The van der Waals surface area contributed by atoms with E-state index in [1.54, 1.807) is 0 Å². The molecule has 0 aromatic carbocycles. The molecule has 0 spiro atoms. The van der Waals surface area contributed by atoms with Gasteiger partial charge in [0.15, 0.2) is 0 Å². The fourth-order valence-corrected chi connectivity index (χ4v) is 2.55.